The summed E-state index contributed by atoms with van der Waals surface area (Å²) in [6.07, 6.45) is 0.896. The van der Waals surface area contributed by atoms with Gasteiger partial charge in [-0.1, -0.05) is 17.7 Å². The van der Waals surface area contributed by atoms with Gasteiger partial charge >= 0.3 is 0 Å². The second-order valence-electron chi connectivity index (χ2n) is 4.24. The van der Waals surface area contributed by atoms with Crippen molar-refractivity contribution >= 4 is 23.2 Å². The van der Waals surface area contributed by atoms with Gasteiger partial charge in [-0.3, -0.25) is 0 Å². The van der Waals surface area contributed by atoms with Gasteiger partial charge in [-0.05, 0) is 31.0 Å². The van der Waals surface area contributed by atoms with Crippen molar-refractivity contribution in [2.75, 3.05) is 0 Å². The van der Waals surface area contributed by atoms with Crippen LogP contribution in [0, 0.1) is 0 Å². The van der Waals surface area contributed by atoms with Crippen molar-refractivity contribution in [1.82, 2.24) is 0 Å². The van der Waals surface area contributed by atoms with Crippen LogP contribution in [0.15, 0.2) is 12.1 Å². The van der Waals surface area contributed by atoms with Gasteiger partial charge in [0.05, 0.1) is 5.02 Å². The monoisotopic (exact) mass is 230 g/mol. The van der Waals surface area contributed by atoms with E-state index in [2.05, 4.69) is 19.9 Å². The van der Waals surface area contributed by atoms with Crippen molar-refractivity contribution in [3.63, 3.8) is 0 Å². The molecule has 0 atom stereocenters. The lowest BCUT2D eigenvalue weighted by molar-refractivity contribution is 0.138. The third-order valence-electron chi connectivity index (χ3n) is 2.33. The molecule has 2 rings (SSSR count). The van der Waals surface area contributed by atoms with E-state index in [-0.39, 0.29) is 5.60 Å². The molecule has 1 aliphatic rings. The fraction of sp³-hybridized carbons (Fsp3) is 0.455. The quantitative estimate of drug-likeness (QED) is 0.668. The van der Waals surface area contributed by atoms with Crippen molar-refractivity contribution in [3.05, 3.63) is 28.3 Å². The predicted octanol–water partition coefficient (Wildman–Crippen LogP) is 3.79. The van der Waals surface area contributed by atoms with Gasteiger partial charge in [0.15, 0.2) is 0 Å². The number of halogens is 2. The van der Waals surface area contributed by atoms with Gasteiger partial charge in [-0.15, -0.1) is 11.6 Å². The highest BCUT2D eigenvalue weighted by atomic mass is 35.5. The zero-order valence-corrected chi connectivity index (χ0v) is 9.74. The summed E-state index contributed by atoms with van der Waals surface area (Å²) < 4.78 is 5.75. The Morgan fingerprint density at radius 1 is 1.43 bits per heavy atom. The van der Waals surface area contributed by atoms with E-state index in [9.17, 15) is 0 Å². The molecular formula is C11H12Cl2O. The molecule has 0 saturated heterocycles. The predicted molar refractivity (Wildman–Crippen MR) is 59.4 cm³/mol. The minimum Gasteiger partial charge on any atom is -0.486 e. The highest BCUT2D eigenvalue weighted by molar-refractivity contribution is 6.32. The molecule has 1 aromatic carbocycles. The first kappa shape index (κ1) is 10.1. The van der Waals surface area contributed by atoms with Crippen LogP contribution in [0.1, 0.15) is 25.0 Å². The minimum atomic E-state index is -0.142. The summed E-state index contributed by atoms with van der Waals surface area (Å²) in [5.74, 6) is 1.32. The van der Waals surface area contributed by atoms with Crippen LogP contribution in [0.4, 0.5) is 0 Å². The molecule has 14 heavy (non-hydrogen) atoms. The molecule has 76 valence electrons. The Morgan fingerprint density at radius 2 is 2.14 bits per heavy atom. The number of hydrogen-bond donors (Lipinski definition) is 0. The maximum absolute atomic E-state index is 6.10. The zero-order valence-electron chi connectivity index (χ0n) is 8.23. The second-order valence-corrected chi connectivity index (χ2v) is 4.91. The number of hydrogen-bond acceptors (Lipinski definition) is 1. The Balaban J connectivity index is 2.47. The normalized spacial score (nSPS) is 17.7. The molecule has 0 spiro atoms. The molecule has 1 heterocycles. The van der Waals surface area contributed by atoms with Crippen LogP contribution in [0.3, 0.4) is 0 Å². The summed E-state index contributed by atoms with van der Waals surface area (Å²) in [5.41, 5.74) is 2.08. The van der Waals surface area contributed by atoms with Gasteiger partial charge in [0.1, 0.15) is 11.4 Å². The first-order valence-corrected chi connectivity index (χ1v) is 5.49. The average Bonchev–Trinajstić information content (AvgIpc) is 2.40. The molecule has 0 aliphatic carbocycles. The fourth-order valence-corrected chi connectivity index (χ4v) is 2.26. The molecule has 0 aromatic heterocycles. The minimum absolute atomic E-state index is 0.142. The summed E-state index contributed by atoms with van der Waals surface area (Å²) in [6.45, 7) is 4.12. The summed E-state index contributed by atoms with van der Waals surface area (Å²) in [7, 11) is 0. The summed E-state index contributed by atoms with van der Waals surface area (Å²) in [5, 5.41) is 0.670. The van der Waals surface area contributed by atoms with Crippen molar-refractivity contribution in [2.45, 2.75) is 31.7 Å². The van der Waals surface area contributed by atoms with Crippen LogP contribution in [0.5, 0.6) is 5.75 Å². The molecule has 0 radical (unpaired) electrons. The lowest BCUT2D eigenvalue weighted by Gasteiger charge is -2.17. The van der Waals surface area contributed by atoms with Crippen molar-refractivity contribution < 1.29 is 4.74 Å². The second kappa shape index (κ2) is 3.32. The number of fused-ring (bicyclic) bond motifs is 1. The van der Waals surface area contributed by atoms with Gasteiger partial charge in [0.25, 0.3) is 0 Å². The zero-order chi connectivity index (χ0) is 10.3. The lowest BCUT2D eigenvalue weighted by Crippen LogP contribution is -2.24. The molecule has 0 saturated carbocycles. The van der Waals surface area contributed by atoms with E-state index >= 15 is 0 Å². The Kier molecular flexibility index (Phi) is 2.40. The van der Waals surface area contributed by atoms with Gasteiger partial charge in [0.2, 0.25) is 0 Å². The van der Waals surface area contributed by atoms with E-state index in [1.54, 1.807) is 0 Å². The van der Waals surface area contributed by atoms with E-state index in [0.717, 1.165) is 23.3 Å². The van der Waals surface area contributed by atoms with Gasteiger partial charge in [0, 0.05) is 12.3 Å². The number of ether oxygens (including phenoxy) is 1. The molecule has 0 unspecified atom stereocenters. The lowest BCUT2D eigenvalue weighted by atomic mass is 10.0. The number of alkyl halides is 1. The van der Waals surface area contributed by atoms with Crippen molar-refractivity contribution in [1.29, 1.82) is 0 Å². The number of benzene rings is 1. The molecule has 0 amide bonds. The SMILES string of the molecule is CC1(C)Cc2cc(CCl)cc(Cl)c2O1. The van der Waals surface area contributed by atoms with Gasteiger partial charge < -0.3 is 4.74 Å². The third-order valence-corrected chi connectivity index (χ3v) is 2.92. The molecule has 1 nitrogen and oxygen atoms in total. The summed E-state index contributed by atoms with van der Waals surface area (Å²) >= 11 is 11.9. The van der Waals surface area contributed by atoms with Crippen LogP contribution in [-0.2, 0) is 12.3 Å². The maximum atomic E-state index is 6.10. The Bertz CT molecular complexity index is 372. The van der Waals surface area contributed by atoms with Crippen LogP contribution in [0.25, 0.3) is 0 Å². The average molecular weight is 231 g/mol. The van der Waals surface area contributed by atoms with Crippen molar-refractivity contribution in [3.8, 4) is 5.75 Å². The molecular weight excluding hydrogens is 219 g/mol. The smallest absolute Gasteiger partial charge is 0.142 e. The Hall–Kier alpha value is -0.400. The van der Waals surface area contributed by atoms with E-state index in [1.165, 1.54) is 0 Å². The van der Waals surface area contributed by atoms with Crippen LogP contribution in [0.2, 0.25) is 5.02 Å². The highest BCUT2D eigenvalue weighted by Crippen LogP contribution is 2.41. The van der Waals surface area contributed by atoms with Gasteiger partial charge in [-0.25, -0.2) is 0 Å². The highest BCUT2D eigenvalue weighted by Gasteiger charge is 2.31. The maximum Gasteiger partial charge on any atom is 0.142 e. The fourth-order valence-electron chi connectivity index (χ4n) is 1.81. The molecule has 1 aliphatic heterocycles. The van der Waals surface area contributed by atoms with E-state index in [1.807, 2.05) is 6.07 Å². The largest absolute Gasteiger partial charge is 0.486 e. The molecule has 3 heteroatoms. The van der Waals surface area contributed by atoms with Crippen LogP contribution < -0.4 is 4.74 Å². The summed E-state index contributed by atoms with van der Waals surface area (Å²) in [4.78, 5) is 0. The van der Waals surface area contributed by atoms with Crippen LogP contribution >= 0.6 is 23.2 Å². The third kappa shape index (κ3) is 1.71. The van der Waals surface area contributed by atoms with Crippen molar-refractivity contribution in [2.24, 2.45) is 0 Å². The topological polar surface area (TPSA) is 9.23 Å². The first-order valence-electron chi connectivity index (χ1n) is 4.58. The van der Waals surface area contributed by atoms with E-state index in [0.29, 0.717) is 10.9 Å². The van der Waals surface area contributed by atoms with Crippen LogP contribution in [-0.4, -0.2) is 5.60 Å². The first-order chi connectivity index (χ1) is 6.52. The molecule has 1 aromatic rings. The molecule has 0 N–H and O–H groups in total. The molecule has 0 bridgehead atoms. The van der Waals surface area contributed by atoms with E-state index < -0.39 is 0 Å². The Morgan fingerprint density at radius 3 is 2.79 bits per heavy atom. The van der Waals surface area contributed by atoms with Gasteiger partial charge in [-0.2, -0.15) is 0 Å². The van der Waals surface area contributed by atoms with E-state index in [4.69, 9.17) is 27.9 Å². The standard InChI is InChI=1S/C11H12Cl2O/c1-11(2)5-8-3-7(6-12)4-9(13)10(8)14-11/h3-4H,5-6H2,1-2H3. The summed E-state index contributed by atoms with van der Waals surface area (Å²) in [6, 6.07) is 3.94. The number of rotatable bonds is 1. The Labute approximate surface area is 94.0 Å². The molecule has 0 fully saturated rings.